The van der Waals surface area contributed by atoms with Gasteiger partial charge in [0.1, 0.15) is 6.54 Å². The summed E-state index contributed by atoms with van der Waals surface area (Å²) in [7, 11) is 0. The van der Waals surface area contributed by atoms with Gasteiger partial charge >= 0.3 is 5.56 Å². The molecule has 28 heavy (non-hydrogen) atoms. The zero-order valence-corrected chi connectivity index (χ0v) is 17.2. The Morgan fingerprint density at radius 2 is 2.11 bits per heavy atom. The minimum Gasteiger partial charge on any atom is -0.498 e. The molecule has 0 radical (unpaired) electrons. The SMILES string of the molecule is CC1(C)OCCn2c1[nH+]c(C(=O)NCCCc1ccc(Cl)c(Cl)c1)c(O)c2=O. The van der Waals surface area contributed by atoms with Crippen LogP contribution in [0, 0.1) is 0 Å². The highest BCUT2D eigenvalue weighted by molar-refractivity contribution is 6.42. The molecule has 7 nitrogen and oxygen atoms in total. The van der Waals surface area contributed by atoms with Crippen molar-refractivity contribution in [2.24, 2.45) is 0 Å². The quantitative estimate of drug-likeness (QED) is 0.716. The maximum atomic E-state index is 12.5. The van der Waals surface area contributed by atoms with Crippen LogP contribution in [0.25, 0.3) is 0 Å². The number of H-pyrrole nitrogens is 1. The van der Waals surface area contributed by atoms with Gasteiger partial charge in [-0.2, -0.15) is 4.57 Å². The Kier molecular flexibility index (Phi) is 5.98. The molecule has 1 aliphatic rings. The van der Waals surface area contributed by atoms with Crippen LogP contribution in [0.4, 0.5) is 0 Å². The van der Waals surface area contributed by atoms with Crippen LogP contribution in [0.5, 0.6) is 5.75 Å². The van der Waals surface area contributed by atoms with Crippen LogP contribution in [-0.2, 0) is 23.3 Å². The van der Waals surface area contributed by atoms with Crippen molar-refractivity contribution < 1.29 is 19.6 Å². The first kappa shape index (κ1) is 20.6. The van der Waals surface area contributed by atoms with Crippen LogP contribution in [0.3, 0.4) is 0 Å². The van der Waals surface area contributed by atoms with Crippen molar-refractivity contribution in [1.29, 1.82) is 0 Å². The van der Waals surface area contributed by atoms with Crippen LogP contribution in [0.2, 0.25) is 10.0 Å². The second-order valence-corrected chi connectivity index (χ2v) is 7.94. The molecule has 0 saturated carbocycles. The average molecular weight is 427 g/mol. The second kappa shape index (κ2) is 8.11. The number of aromatic nitrogens is 2. The highest BCUT2D eigenvalue weighted by Gasteiger charge is 2.40. The predicted molar refractivity (Wildman–Crippen MR) is 105 cm³/mol. The number of fused-ring (bicyclic) bond motifs is 1. The number of halogens is 2. The summed E-state index contributed by atoms with van der Waals surface area (Å²) in [5.74, 6) is -0.695. The first-order valence-corrected chi connectivity index (χ1v) is 9.72. The largest absolute Gasteiger partial charge is 0.498 e. The van der Waals surface area contributed by atoms with Gasteiger partial charge in [0.25, 0.3) is 17.5 Å². The van der Waals surface area contributed by atoms with Crippen molar-refractivity contribution in [3.8, 4) is 5.75 Å². The van der Waals surface area contributed by atoms with Gasteiger partial charge in [0.05, 0.1) is 16.7 Å². The number of aromatic amines is 1. The zero-order chi connectivity index (χ0) is 20.5. The molecule has 0 unspecified atom stereocenters. The standard InChI is InChI=1S/C19H21Cl2N3O4/c1-19(2)18-23-14(15(25)17(27)24(18)8-9-28-19)16(26)22-7-3-4-11-5-6-12(20)13(21)10-11/h5-6,10,25H,3-4,7-9H2,1-2H3,(H,22,26)/p+1. The maximum absolute atomic E-state index is 12.5. The number of nitrogens with zero attached hydrogens (tertiary/aromatic N) is 1. The van der Waals surface area contributed by atoms with Crippen molar-refractivity contribution in [3.05, 3.63) is 55.7 Å². The Hall–Kier alpha value is -2.09. The number of hydrogen-bond acceptors (Lipinski definition) is 4. The topological polar surface area (TPSA) is 94.7 Å². The Bertz CT molecular complexity index is 972. The summed E-state index contributed by atoms with van der Waals surface area (Å²) < 4.78 is 7.07. The van der Waals surface area contributed by atoms with Crippen molar-refractivity contribution in [3.63, 3.8) is 0 Å². The monoisotopic (exact) mass is 426 g/mol. The summed E-state index contributed by atoms with van der Waals surface area (Å²) in [6.45, 7) is 4.62. The molecule has 0 saturated heterocycles. The molecular formula is C19H22Cl2N3O4+. The van der Waals surface area contributed by atoms with E-state index in [9.17, 15) is 14.7 Å². The van der Waals surface area contributed by atoms with E-state index in [0.29, 0.717) is 48.4 Å². The van der Waals surface area contributed by atoms with Crippen LogP contribution >= 0.6 is 23.2 Å². The van der Waals surface area contributed by atoms with E-state index in [2.05, 4.69) is 10.3 Å². The van der Waals surface area contributed by atoms with Gasteiger partial charge in [0.15, 0.2) is 5.60 Å². The molecule has 1 aliphatic heterocycles. The first-order chi connectivity index (χ1) is 13.2. The molecule has 1 aromatic heterocycles. The van der Waals surface area contributed by atoms with Crippen LogP contribution in [-0.4, -0.2) is 28.7 Å². The molecule has 0 spiro atoms. The lowest BCUT2D eigenvalue weighted by molar-refractivity contribution is -0.426. The first-order valence-electron chi connectivity index (χ1n) is 8.96. The lowest BCUT2D eigenvalue weighted by atomic mass is 10.1. The van der Waals surface area contributed by atoms with Gasteiger partial charge < -0.3 is 15.2 Å². The molecule has 2 aromatic rings. The third-order valence-electron chi connectivity index (χ3n) is 4.68. The van der Waals surface area contributed by atoms with E-state index in [0.717, 1.165) is 5.56 Å². The minimum atomic E-state index is -0.770. The third kappa shape index (κ3) is 4.16. The number of hydrogen-bond donors (Lipinski definition) is 2. The molecule has 9 heteroatoms. The molecule has 150 valence electrons. The zero-order valence-electron chi connectivity index (χ0n) is 15.6. The fraction of sp³-hybridized carbons (Fsp3) is 0.421. The number of aryl methyl sites for hydroxylation is 1. The van der Waals surface area contributed by atoms with E-state index >= 15 is 0 Å². The number of aromatic hydroxyl groups is 1. The van der Waals surface area contributed by atoms with Gasteiger partial charge in [0, 0.05) is 6.54 Å². The fourth-order valence-corrected chi connectivity index (χ4v) is 3.49. The summed E-state index contributed by atoms with van der Waals surface area (Å²) in [4.78, 5) is 27.8. The van der Waals surface area contributed by atoms with Crippen LogP contribution < -0.4 is 15.9 Å². The highest BCUT2D eigenvalue weighted by atomic mass is 35.5. The van der Waals surface area contributed by atoms with Crippen molar-refractivity contribution in [2.75, 3.05) is 13.2 Å². The van der Waals surface area contributed by atoms with Gasteiger partial charge in [0.2, 0.25) is 5.69 Å². The molecular weight excluding hydrogens is 405 g/mol. The molecule has 0 fully saturated rings. The van der Waals surface area contributed by atoms with Crippen molar-refractivity contribution in [1.82, 2.24) is 9.88 Å². The molecule has 0 bridgehead atoms. The van der Waals surface area contributed by atoms with E-state index in [1.807, 2.05) is 6.07 Å². The molecule has 0 atom stereocenters. The summed E-state index contributed by atoms with van der Waals surface area (Å²) in [6, 6.07) is 5.40. The Balaban J connectivity index is 1.68. The van der Waals surface area contributed by atoms with Gasteiger partial charge in [-0.25, -0.2) is 9.78 Å². The van der Waals surface area contributed by atoms with Crippen molar-refractivity contribution in [2.45, 2.75) is 38.8 Å². The minimum absolute atomic E-state index is 0.163. The average Bonchev–Trinajstić information content (AvgIpc) is 2.64. The second-order valence-electron chi connectivity index (χ2n) is 7.12. The van der Waals surface area contributed by atoms with Gasteiger partial charge in [-0.15, -0.1) is 0 Å². The van der Waals surface area contributed by atoms with Gasteiger partial charge in [-0.3, -0.25) is 4.79 Å². The van der Waals surface area contributed by atoms with E-state index in [1.165, 1.54) is 4.57 Å². The summed E-state index contributed by atoms with van der Waals surface area (Å²) >= 11 is 11.9. The fourth-order valence-electron chi connectivity index (χ4n) is 3.17. The van der Waals surface area contributed by atoms with Gasteiger partial charge in [-0.05, 0) is 44.4 Å². The Morgan fingerprint density at radius 1 is 1.36 bits per heavy atom. The Labute approximate surface area is 172 Å². The number of carbonyl (C=O) groups is 1. The molecule has 2 heterocycles. The van der Waals surface area contributed by atoms with Crippen molar-refractivity contribution >= 4 is 29.1 Å². The molecule has 3 rings (SSSR count). The number of rotatable bonds is 5. The number of amides is 1. The van der Waals surface area contributed by atoms with Gasteiger partial charge in [-0.1, -0.05) is 29.3 Å². The highest BCUT2D eigenvalue weighted by Crippen LogP contribution is 2.25. The predicted octanol–water partition coefficient (Wildman–Crippen LogP) is 2.30. The Morgan fingerprint density at radius 3 is 2.82 bits per heavy atom. The van der Waals surface area contributed by atoms with Crippen LogP contribution in [0.15, 0.2) is 23.0 Å². The third-order valence-corrected chi connectivity index (χ3v) is 5.42. The number of carbonyl (C=O) groups excluding carboxylic acids is 1. The molecule has 1 aromatic carbocycles. The molecule has 3 N–H and O–H groups in total. The van der Waals surface area contributed by atoms with E-state index < -0.39 is 22.8 Å². The number of ether oxygens (including phenoxy) is 1. The summed E-state index contributed by atoms with van der Waals surface area (Å²) in [6.07, 6.45) is 1.35. The summed E-state index contributed by atoms with van der Waals surface area (Å²) in [5, 5.41) is 13.9. The number of nitrogens with one attached hydrogen (secondary N) is 2. The number of benzene rings is 1. The van der Waals surface area contributed by atoms with E-state index in [4.69, 9.17) is 27.9 Å². The smallest absolute Gasteiger partial charge is 0.380 e. The van der Waals surface area contributed by atoms with E-state index in [1.54, 1.807) is 26.0 Å². The van der Waals surface area contributed by atoms with Crippen LogP contribution in [0.1, 0.15) is 42.1 Å². The molecule has 1 amide bonds. The van der Waals surface area contributed by atoms with E-state index in [-0.39, 0.29) is 5.69 Å². The lowest BCUT2D eigenvalue weighted by Gasteiger charge is -2.27. The molecule has 0 aliphatic carbocycles. The maximum Gasteiger partial charge on any atom is 0.380 e. The lowest BCUT2D eigenvalue weighted by Crippen LogP contribution is -2.48. The normalized spacial score (nSPS) is 15.1. The summed E-state index contributed by atoms with van der Waals surface area (Å²) in [5.41, 5.74) is -0.534.